The van der Waals surface area contributed by atoms with Crippen LogP contribution in [-0.4, -0.2) is 23.2 Å². The lowest BCUT2D eigenvalue weighted by Crippen LogP contribution is -2.39. The molecule has 0 radical (unpaired) electrons. The number of nitrogens with zero attached hydrogens (tertiary/aromatic N) is 2. The molecule has 0 fully saturated rings. The van der Waals surface area contributed by atoms with Gasteiger partial charge in [0.1, 0.15) is 5.82 Å². The maximum atomic E-state index is 13.2. The molecule has 1 atom stereocenters. The standard InChI is InChI=1S/C16H22FN3O/c1-16(2,3)13(18-4)10-15-19-14(20-21-15)9-11-6-5-7-12(17)8-11/h5-8,13,18H,9-10H2,1-4H3. The van der Waals surface area contributed by atoms with Gasteiger partial charge < -0.3 is 9.84 Å². The first-order valence-corrected chi connectivity index (χ1v) is 7.11. The van der Waals surface area contributed by atoms with E-state index in [-0.39, 0.29) is 17.3 Å². The zero-order valence-electron chi connectivity index (χ0n) is 13.0. The molecule has 21 heavy (non-hydrogen) atoms. The summed E-state index contributed by atoms with van der Waals surface area (Å²) in [6, 6.07) is 6.69. The molecule has 2 rings (SSSR count). The molecule has 0 amide bonds. The molecular weight excluding hydrogens is 269 g/mol. The van der Waals surface area contributed by atoms with Crippen LogP contribution < -0.4 is 5.32 Å². The summed E-state index contributed by atoms with van der Waals surface area (Å²) >= 11 is 0. The summed E-state index contributed by atoms with van der Waals surface area (Å²) in [5, 5.41) is 7.25. The van der Waals surface area contributed by atoms with Crippen molar-refractivity contribution in [3.8, 4) is 0 Å². The van der Waals surface area contributed by atoms with E-state index in [1.54, 1.807) is 6.07 Å². The van der Waals surface area contributed by atoms with E-state index in [1.807, 2.05) is 13.1 Å². The fraction of sp³-hybridized carbons (Fsp3) is 0.500. The number of rotatable bonds is 5. The highest BCUT2D eigenvalue weighted by Gasteiger charge is 2.25. The number of nitrogens with one attached hydrogen (secondary N) is 1. The third-order valence-electron chi connectivity index (χ3n) is 3.53. The molecule has 0 saturated carbocycles. The van der Waals surface area contributed by atoms with E-state index in [2.05, 4.69) is 36.2 Å². The highest BCUT2D eigenvalue weighted by atomic mass is 19.1. The molecule has 1 aromatic heterocycles. The molecule has 5 heteroatoms. The van der Waals surface area contributed by atoms with Crippen LogP contribution in [0.4, 0.5) is 4.39 Å². The quantitative estimate of drug-likeness (QED) is 0.920. The van der Waals surface area contributed by atoms with Gasteiger partial charge >= 0.3 is 0 Å². The minimum Gasteiger partial charge on any atom is -0.339 e. The largest absolute Gasteiger partial charge is 0.339 e. The van der Waals surface area contributed by atoms with E-state index in [9.17, 15) is 4.39 Å². The van der Waals surface area contributed by atoms with Crippen molar-refractivity contribution in [2.75, 3.05) is 7.05 Å². The number of halogens is 1. The van der Waals surface area contributed by atoms with Gasteiger partial charge in [-0.25, -0.2) is 4.39 Å². The SMILES string of the molecule is CNC(Cc1nc(Cc2cccc(F)c2)no1)C(C)(C)C. The van der Waals surface area contributed by atoms with Crippen LogP contribution in [0.2, 0.25) is 0 Å². The molecular formula is C16H22FN3O. The van der Waals surface area contributed by atoms with Crippen molar-refractivity contribution in [1.82, 2.24) is 15.5 Å². The van der Waals surface area contributed by atoms with E-state index in [4.69, 9.17) is 4.52 Å². The van der Waals surface area contributed by atoms with Crippen LogP contribution in [0.15, 0.2) is 28.8 Å². The number of likely N-dealkylation sites (N-methyl/N-ethyl adjacent to an activating group) is 1. The molecule has 0 aliphatic heterocycles. The normalized spacial score (nSPS) is 13.4. The molecule has 1 aromatic carbocycles. The highest BCUT2D eigenvalue weighted by Crippen LogP contribution is 2.22. The van der Waals surface area contributed by atoms with Crippen molar-refractivity contribution in [3.05, 3.63) is 47.4 Å². The topological polar surface area (TPSA) is 51.0 Å². The third kappa shape index (κ3) is 4.36. The third-order valence-corrected chi connectivity index (χ3v) is 3.53. The Morgan fingerprint density at radius 3 is 2.71 bits per heavy atom. The van der Waals surface area contributed by atoms with Crippen molar-refractivity contribution >= 4 is 0 Å². The Hall–Kier alpha value is -1.75. The van der Waals surface area contributed by atoms with Crippen LogP contribution in [0, 0.1) is 11.2 Å². The lowest BCUT2D eigenvalue weighted by Gasteiger charge is -2.29. The van der Waals surface area contributed by atoms with Crippen LogP contribution in [0.1, 0.15) is 38.0 Å². The first kappa shape index (κ1) is 15.6. The predicted molar refractivity (Wildman–Crippen MR) is 79.5 cm³/mol. The fourth-order valence-corrected chi connectivity index (χ4v) is 2.29. The molecule has 0 bridgehead atoms. The summed E-state index contributed by atoms with van der Waals surface area (Å²) in [6.07, 6.45) is 1.15. The molecule has 2 aromatic rings. The minimum absolute atomic E-state index is 0.103. The molecule has 0 saturated heterocycles. The number of aromatic nitrogens is 2. The minimum atomic E-state index is -0.251. The summed E-state index contributed by atoms with van der Waals surface area (Å²) < 4.78 is 18.5. The molecule has 4 nitrogen and oxygen atoms in total. The Labute approximate surface area is 124 Å². The first-order chi connectivity index (χ1) is 9.88. The second kappa shape index (κ2) is 6.35. The van der Waals surface area contributed by atoms with Gasteiger partial charge in [-0.2, -0.15) is 4.98 Å². The lowest BCUT2D eigenvalue weighted by atomic mass is 9.85. The Balaban J connectivity index is 2.04. The van der Waals surface area contributed by atoms with E-state index in [0.717, 1.165) is 5.56 Å². The number of hydrogen-bond acceptors (Lipinski definition) is 4. The Bertz CT molecular complexity index is 589. The van der Waals surface area contributed by atoms with Crippen molar-refractivity contribution < 1.29 is 8.91 Å². The number of hydrogen-bond donors (Lipinski definition) is 1. The number of benzene rings is 1. The summed E-state index contributed by atoms with van der Waals surface area (Å²) in [5.74, 6) is 0.939. The van der Waals surface area contributed by atoms with E-state index in [0.29, 0.717) is 24.6 Å². The Morgan fingerprint density at radius 1 is 1.33 bits per heavy atom. The van der Waals surface area contributed by atoms with Gasteiger partial charge in [-0.05, 0) is 30.2 Å². The monoisotopic (exact) mass is 291 g/mol. The Morgan fingerprint density at radius 2 is 2.10 bits per heavy atom. The first-order valence-electron chi connectivity index (χ1n) is 7.11. The zero-order chi connectivity index (χ0) is 15.5. The van der Waals surface area contributed by atoms with Crippen molar-refractivity contribution in [1.29, 1.82) is 0 Å². The predicted octanol–water partition coefficient (Wildman–Crippen LogP) is 2.98. The maximum Gasteiger partial charge on any atom is 0.228 e. The second-order valence-corrected chi connectivity index (χ2v) is 6.32. The van der Waals surface area contributed by atoms with E-state index in [1.165, 1.54) is 12.1 Å². The Kier molecular flexibility index (Phi) is 4.73. The van der Waals surface area contributed by atoms with Crippen molar-refractivity contribution in [2.24, 2.45) is 5.41 Å². The molecule has 1 heterocycles. The second-order valence-electron chi connectivity index (χ2n) is 6.32. The summed E-state index contributed by atoms with van der Waals surface area (Å²) in [5.41, 5.74) is 0.940. The van der Waals surface area contributed by atoms with Crippen LogP contribution in [0.3, 0.4) is 0 Å². The molecule has 0 aliphatic carbocycles. The zero-order valence-corrected chi connectivity index (χ0v) is 13.0. The van der Waals surface area contributed by atoms with Gasteiger partial charge in [0.2, 0.25) is 5.89 Å². The highest BCUT2D eigenvalue weighted by molar-refractivity contribution is 5.19. The molecule has 0 aliphatic rings. The van der Waals surface area contributed by atoms with Gasteiger partial charge in [-0.1, -0.05) is 38.1 Å². The summed E-state index contributed by atoms with van der Waals surface area (Å²) in [6.45, 7) is 6.49. The average molecular weight is 291 g/mol. The molecule has 1 N–H and O–H groups in total. The maximum absolute atomic E-state index is 13.2. The lowest BCUT2D eigenvalue weighted by molar-refractivity contribution is 0.255. The van der Waals surface area contributed by atoms with Gasteiger partial charge in [0.05, 0.1) is 0 Å². The van der Waals surface area contributed by atoms with Crippen LogP contribution in [-0.2, 0) is 12.8 Å². The fourth-order valence-electron chi connectivity index (χ4n) is 2.29. The van der Waals surface area contributed by atoms with Crippen molar-refractivity contribution in [2.45, 2.75) is 39.7 Å². The van der Waals surface area contributed by atoms with Gasteiger partial charge in [-0.3, -0.25) is 0 Å². The van der Waals surface area contributed by atoms with E-state index >= 15 is 0 Å². The molecule has 114 valence electrons. The van der Waals surface area contributed by atoms with Gasteiger partial charge in [-0.15, -0.1) is 0 Å². The van der Waals surface area contributed by atoms with Crippen LogP contribution >= 0.6 is 0 Å². The van der Waals surface area contributed by atoms with Crippen molar-refractivity contribution in [3.63, 3.8) is 0 Å². The van der Waals surface area contributed by atoms with Gasteiger partial charge in [0.25, 0.3) is 0 Å². The summed E-state index contributed by atoms with van der Waals surface area (Å²) in [7, 11) is 1.93. The average Bonchev–Trinajstić information content (AvgIpc) is 2.82. The summed E-state index contributed by atoms with van der Waals surface area (Å²) in [4.78, 5) is 4.40. The van der Waals surface area contributed by atoms with Crippen LogP contribution in [0.5, 0.6) is 0 Å². The van der Waals surface area contributed by atoms with E-state index < -0.39 is 0 Å². The van der Waals surface area contributed by atoms with Crippen LogP contribution in [0.25, 0.3) is 0 Å². The molecule has 1 unspecified atom stereocenters. The molecule has 0 spiro atoms. The smallest absolute Gasteiger partial charge is 0.228 e. The van der Waals surface area contributed by atoms with Gasteiger partial charge in [0, 0.05) is 18.9 Å². The van der Waals surface area contributed by atoms with Gasteiger partial charge in [0.15, 0.2) is 5.82 Å².